The molecule has 224 valence electrons. The van der Waals surface area contributed by atoms with Crippen molar-refractivity contribution in [2.24, 2.45) is 11.7 Å². The maximum atomic E-state index is 13.9. The van der Waals surface area contributed by atoms with E-state index < -0.39 is 35.4 Å². The molecule has 3 atom stereocenters. The number of fused-ring (bicyclic) bond motifs is 1. The van der Waals surface area contributed by atoms with Crippen molar-refractivity contribution in [3.8, 4) is 0 Å². The van der Waals surface area contributed by atoms with Crippen LogP contribution in [-0.2, 0) is 20.8 Å². The Kier molecular flexibility index (Phi) is 10.6. The normalized spacial score (nSPS) is 18.3. The average molecular weight is 590 g/mol. The molecule has 4 rings (SSSR count). The zero-order valence-corrected chi connectivity index (χ0v) is 22.6. The average Bonchev–Trinajstić information content (AvgIpc) is 3.52. The van der Waals surface area contributed by atoms with Crippen LogP contribution in [0.2, 0.25) is 0 Å². The predicted molar refractivity (Wildman–Crippen MR) is 143 cm³/mol. The van der Waals surface area contributed by atoms with E-state index in [4.69, 9.17) is 15.9 Å². The van der Waals surface area contributed by atoms with E-state index in [2.05, 4.69) is 0 Å². The van der Waals surface area contributed by atoms with Gasteiger partial charge in [0.1, 0.15) is 5.82 Å². The molecule has 2 heterocycles. The molecule has 1 unspecified atom stereocenters. The fourth-order valence-corrected chi connectivity index (χ4v) is 5.05. The number of aliphatic carboxylic acids is 2. The van der Waals surface area contributed by atoms with Gasteiger partial charge in [-0.2, -0.15) is 0 Å². The highest BCUT2D eigenvalue weighted by molar-refractivity contribution is 5.99. The van der Waals surface area contributed by atoms with Gasteiger partial charge in [0, 0.05) is 67.4 Å². The fraction of sp³-hybridized carbons (Fsp3) is 0.345. The molecule has 2 aliphatic heterocycles. The van der Waals surface area contributed by atoms with Gasteiger partial charge in [-0.1, -0.05) is 12.1 Å². The summed E-state index contributed by atoms with van der Waals surface area (Å²) in [4.78, 5) is 60.1. The minimum atomic E-state index is -1.28. The van der Waals surface area contributed by atoms with Gasteiger partial charge in [-0.05, 0) is 43.5 Å². The Labute approximate surface area is 239 Å². The van der Waals surface area contributed by atoms with Crippen molar-refractivity contribution in [1.82, 2.24) is 9.80 Å². The Bertz CT molecular complexity index is 1400. The molecule has 0 aliphatic carbocycles. The van der Waals surface area contributed by atoms with Crippen molar-refractivity contribution < 1.29 is 47.4 Å². The maximum Gasteiger partial charge on any atom is 0.328 e. The van der Waals surface area contributed by atoms with E-state index in [0.717, 1.165) is 12.5 Å². The molecular weight excluding hydrogens is 559 g/mol. The van der Waals surface area contributed by atoms with Crippen molar-refractivity contribution in [2.75, 3.05) is 19.6 Å². The molecule has 42 heavy (non-hydrogen) atoms. The highest BCUT2D eigenvalue weighted by atomic mass is 19.2. The number of halogens is 3. The topological polar surface area (TPSA) is 158 Å². The van der Waals surface area contributed by atoms with Gasteiger partial charge in [0.15, 0.2) is 17.4 Å². The number of carboxylic acids is 2. The molecule has 0 aromatic heterocycles. The number of benzene rings is 2. The summed E-state index contributed by atoms with van der Waals surface area (Å²) in [6, 6.07) is 6.92. The van der Waals surface area contributed by atoms with Crippen LogP contribution in [0.1, 0.15) is 46.0 Å². The molecule has 2 aromatic rings. The monoisotopic (exact) mass is 589 g/mol. The number of ketones is 1. The Morgan fingerprint density at radius 2 is 1.57 bits per heavy atom. The number of hydrogen-bond donors (Lipinski definition) is 3. The van der Waals surface area contributed by atoms with Crippen LogP contribution in [-0.4, -0.2) is 81.3 Å². The van der Waals surface area contributed by atoms with Gasteiger partial charge in [-0.15, -0.1) is 0 Å². The van der Waals surface area contributed by atoms with E-state index in [1.807, 2.05) is 0 Å². The SMILES string of the molecule is CC(=O)c1cccc(C(=O)N2C[C@@H]3CCN(C(=O)CC(N)Cc4cc(F)c(F)cc4F)[C@@H]3C2)c1.O=C(O)C=CC(=O)O. The molecule has 13 heteroatoms. The van der Waals surface area contributed by atoms with E-state index in [1.54, 1.807) is 34.1 Å². The second kappa shape index (κ2) is 13.9. The van der Waals surface area contributed by atoms with Gasteiger partial charge in [0.25, 0.3) is 5.91 Å². The van der Waals surface area contributed by atoms with Crippen molar-refractivity contribution in [3.63, 3.8) is 0 Å². The highest BCUT2D eigenvalue weighted by Gasteiger charge is 2.44. The summed E-state index contributed by atoms with van der Waals surface area (Å²) >= 11 is 0. The number of nitrogens with zero attached hydrogens (tertiary/aromatic N) is 2. The predicted octanol–water partition coefficient (Wildman–Crippen LogP) is 2.65. The summed E-state index contributed by atoms with van der Waals surface area (Å²) < 4.78 is 40.5. The molecule has 2 aliphatic rings. The molecule has 2 fully saturated rings. The Morgan fingerprint density at radius 1 is 0.952 bits per heavy atom. The lowest BCUT2D eigenvalue weighted by atomic mass is 10.0. The van der Waals surface area contributed by atoms with Crippen LogP contribution in [0.5, 0.6) is 0 Å². The van der Waals surface area contributed by atoms with Gasteiger partial charge in [-0.3, -0.25) is 14.4 Å². The molecule has 0 saturated carbocycles. The fourth-order valence-electron chi connectivity index (χ4n) is 5.05. The third kappa shape index (κ3) is 8.26. The Hall–Kier alpha value is -4.52. The number of carbonyl (C=O) groups is 5. The van der Waals surface area contributed by atoms with Crippen LogP contribution in [0, 0.1) is 23.4 Å². The minimum absolute atomic E-state index is 0.0732. The van der Waals surface area contributed by atoms with Crippen LogP contribution in [0.15, 0.2) is 48.6 Å². The molecule has 2 saturated heterocycles. The summed E-state index contributed by atoms with van der Waals surface area (Å²) in [5.74, 6) is -6.23. The smallest absolute Gasteiger partial charge is 0.328 e. The van der Waals surface area contributed by atoms with Gasteiger partial charge in [0.2, 0.25) is 5.91 Å². The maximum absolute atomic E-state index is 13.9. The summed E-state index contributed by atoms with van der Waals surface area (Å²) in [5, 5.41) is 15.6. The number of carbonyl (C=O) groups excluding carboxylic acids is 3. The largest absolute Gasteiger partial charge is 0.478 e. The lowest BCUT2D eigenvalue weighted by Gasteiger charge is -2.26. The van der Waals surface area contributed by atoms with Gasteiger partial charge in [-0.25, -0.2) is 22.8 Å². The number of carboxylic acid groups (broad SMARTS) is 2. The van der Waals surface area contributed by atoms with Crippen LogP contribution in [0.4, 0.5) is 13.2 Å². The third-order valence-electron chi connectivity index (χ3n) is 7.05. The summed E-state index contributed by atoms with van der Waals surface area (Å²) in [6.07, 6.45) is 1.69. The number of likely N-dealkylation sites (tertiary alicyclic amines) is 2. The van der Waals surface area contributed by atoms with Crippen LogP contribution in [0.3, 0.4) is 0 Å². The lowest BCUT2D eigenvalue weighted by molar-refractivity contribution is -0.134. The first kappa shape index (κ1) is 32.0. The summed E-state index contributed by atoms with van der Waals surface area (Å²) in [7, 11) is 0. The van der Waals surface area contributed by atoms with E-state index >= 15 is 0 Å². The number of rotatable bonds is 8. The highest BCUT2D eigenvalue weighted by Crippen LogP contribution is 2.33. The summed E-state index contributed by atoms with van der Waals surface area (Å²) in [6.45, 7) is 2.89. The second-order valence-corrected chi connectivity index (χ2v) is 10.1. The second-order valence-electron chi connectivity index (χ2n) is 10.1. The Morgan fingerprint density at radius 3 is 2.19 bits per heavy atom. The van der Waals surface area contributed by atoms with Crippen LogP contribution < -0.4 is 5.73 Å². The molecule has 10 nitrogen and oxygen atoms in total. The first-order valence-electron chi connectivity index (χ1n) is 13.0. The van der Waals surface area contributed by atoms with Crippen molar-refractivity contribution >= 4 is 29.5 Å². The summed E-state index contributed by atoms with van der Waals surface area (Å²) in [5.41, 5.74) is 6.85. The first-order chi connectivity index (χ1) is 19.8. The van der Waals surface area contributed by atoms with E-state index in [1.165, 1.54) is 6.92 Å². The zero-order chi connectivity index (χ0) is 31.1. The van der Waals surface area contributed by atoms with Crippen LogP contribution in [0.25, 0.3) is 0 Å². The quantitative estimate of drug-likeness (QED) is 0.241. The van der Waals surface area contributed by atoms with Gasteiger partial charge >= 0.3 is 11.9 Å². The molecule has 0 bridgehead atoms. The number of nitrogens with two attached hydrogens (primary N) is 1. The Balaban J connectivity index is 0.000000531. The van der Waals surface area contributed by atoms with Crippen molar-refractivity contribution in [3.05, 3.63) is 82.7 Å². The standard InChI is InChI=1S/C25H26F3N3O3.C4H4O4/c1-14(32)15-3-2-4-16(7-15)25(34)30-12-17-5-6-31(23(17)13-30)24(33)10-19(29)8-18-9-21(27)22(28)11-20(18)26;5-3(6)1-2-4(7)8/h2-4,7,9,11,17,19,23H,5-6,8,10,12-13,29H2,1H3;1-2H,(H,5,6)(H,7,8)/t17-,19?,23+;/m0./s1. The molecule has 4 N–H and O–H groups in total. The van der Waals surface area contributed by atoms with Crippen molar-refractivity contribution in [2.45, 2.75) is 38.3 Å². The van der Waals surface area contributed by atoms with E-state index in [0.29, 0.717) is 49.0 Å². The first-order valence-corrected chi connectivity index (χ1v) is 13.0. The molecule has 2 aromatic carbocycles. The molecular formula is C29H30F3N3O7. The van der Waals surface area contributed by atoms with Gasteiger partial charge in [0.05, 0.1) is 6.04 Å². The minimum Gasteiger partial charge on any atom is -0.478 e. The third-order valence-corrected chi connectivity index (χ3v) is 7.05. The molecule has 0 radical (unpaired) electrons. The van der Waals surface area contributed by atoms with E-state index in [-0.39, 0.29) is 48.0 Å². The van der Waals surface area contributed by atoms with E-state index in [9.17, 15) is 37.1 Å². The number of Topliss-reactive ketones (excluding diaryl/α,β-unsaturated/α-hetero) is 1. The van der Waals surface area contributed by atoms with Gasteiger partial charge < -0.3 is 25.7 Å². The molecule has 2 amide bonds. The lowest BCUT2D eigenvalue weighted by Crippen LogP contribution is -2.43. The molecule has 0 spiro atoms. The van der Waals surface area contributed by atoms with Crippen LogP contribution >= 0.6 is 0 Å². The van der Waals surface area contributed by atoms with Crippen molar-refractivity contribution in [1.29, 1.82) is 0 Å². The number of hydrogen-bond acceptors (Lipinski definition) is 6. The zero-order valence-electron chi connectivity index (χ0n) is 22.6. The number of amides is 2.